The van der Waals surface area contributed by atoms with Crippen molar-refractivity contribution in [2.45, 2.75) is 44.4 Å². The zero-order valence-electron chi connectivity index (χ0n) is 19.1. The first-order valence-corrected chi connectivity index (χ1v) is 12.0. The minimum atomic E-state index is -0.388. The fourth-order valence-electron chi connectivity index (χ4n) is 5.67. The Morgan fingerprint density at radius 3 is 2.79 bits per heavy atom. The topological polar surface area (TPSA) is 60.3 Å². The van der Waals surface area contributed by atoms with E-state index in [0.717, 1.165) is 60.0 Å². The van der Waals surface area contributed by atoms with Crippen LogP contribution in [-0.2, 0) is 17.8 Å². The molecule has 2 atom stereocenters. The third kappa shape index (κ3) is 4.04. The number of carbonyl (C=O) groups is 1. The number of aromatic nitrogens is 3. The van der Waals surface area contributed by atoms with Crippen LogP contribution < -0.4 is 0 Å². The monoisotopic (exact) mass is 452 g/mol. The number of amides is 1. The summed E-state index contributed by atoms with van der Waals surface area (Å²) in [6.45, 7) is 2.07. The molecule has 2 aliphatic rings. The third-order valence-corrected chi connectivity index (χ3v) is 7.20. The van der Waals surface area contributed by atoms with E-state index in [1.165, 1.54) is 0 Å². The second kappa shape index (κ2) is 8.60. The van der Waals surface area contributed by atoms with Gasteiger partial charge in [0.2, 0.25) is 0 Å². The predicted octanol–water partition coefficient (Wildman–Crippen LogP) is 5.68. The van der Waals surface area contributed by atoms with E-state index in [1.54, 1.807) is 0 Å². The van der Waals surface area contributed by atoms with E-state index < -0.39 is 0 Å². The molecule has 1 saturated carbocycles. The first kappa shape index (κ1) is 20.9. The van der Waals surface area contributed by atoms with Gasteiger partial charge >= 0.3 is 6.09 Å². The van der Waals surface area contributed by atoms with Gasteiger partial charge in [-0.3, -0.25) is 9.88 Å². The van der Waals surface area contributed by atoms with Crippen molar-refractivity contribution in [2.24, 2.45) is 5.92 Å². The average Bonchev–Trinajstić information content (AvgIpc) is 3.40. The lowest BCUT2D eigenvalue weighted by Gasteiger charge is -2.36. The van der Waals surface area contributed by atoms with Crippen LogP contribution in [0.15, 0.2) is 79.4 Å². The largest absolute Gasteiger partial charge is 0.441 e. The molecular weight excluding hydrogens is 424 g/mol. The molecule has 34 heavy (non-hydrogen) atoms. The van der Waals surface area contributed by atoms with E-state index in [4.69, 9.17) is 4.74 Å². The van der Waals surface area contributed by atoms with E-state index in [2.05, 4.69) is 44.9 Å². The number of rotatable bonds is 5. The van der Waals surface area contributed by atoms with E-state index in [-0.39, 0.29) is 11.7 Å². The summed E-state index contributed by atoms with van der Waals surface area (Å²) in [6, 6.07) is 20.6. The van der Waals surface area contributed by atoms with Gasteiger partial charge in [-0.1, -0.05) is 42.5 Å². The van der Waals surface area contributed by atoms with E-state index in [1.807, 2.05) is 54.0 Å². The van der Waals surface area contributed by atoms with Gasteiger partial charge in [-0.2, -0.15) is 0 Å². The molecule has 6 rings (SSSR count). The molecule has 1 saturated heterocycles. The van der Waals surface area contributed by atoms with Crippen LogP contribution in [0.5, 0.6) is 0 Å². The molecule has 172 valence electrons. The van der Waals surface area contributed by atoms with Gasteiger partial charge < -0.3 is 9.30 Å². The fourth-order valence-corrected chi connectivity index (χ4v) is 5.67. The van der Waals surface area contributed by atoms with Gasteiger partial charge in [0.25, 0.3) is 0 Å². The Labute approximate surface area is 199 Å². The standard InChI is InChI=1S/C28H28N4O2/c33-27-31(18-22-13-24(16-29-15-22)23-8-2-1-3-9-23)19-28(34-27)12-6-7-21(14-28)17-32-20-30-25-10-4-5-11-26(25)32/h1-5,8-11,13,15-16,20-21H,6-7,12,14,17-19H2/t21-,28-/m0/s1. The van der Waals surface area contributed by atoms with Crippen molar-refractivity contribution >= 4 is 17.1 Å². The second-order valence-corrected chi connectivity index (χ2v) is 9.70. The van der Waals surface area contributed by atoms with Crippen LogP contribution in [0.3, 0.4) is 0 Å². The van der Waals surface area contributed by atoms with Crippen molar-refractivity contribution in [3.63, 3.8) is 0 Å². The molecule has 0 radical (unpaired) electrons. The van der Waals surface area contributed by atoms with Crippen LogP contribution in [0.4, 0.5) is 4.79 Å². The molecule has 3 heterocycles. The Hall–Kier alpha value is -3.67. The normalized spacial score (nSPS) is 22.4. The molecule has 2 aromatic heterocycles. The lowest BCUT2D eigenvalue weighted by atomic mass is 9.78. The number of para-hydroxylation sites is 2. The van der Waals surface area contributed by atoms with E-state index >= 15 is 0 Å². The quantitative estimate of drug-likeness (QED) is 0.391. The highest BCUT2D eigenvalue weighted by Crippen LogP contribution is 2.41. The first-order valence-electron chi connectivity index (χ1n) is 12.0. The van der Waals surface area contributed by atoms with Gasteiger partial charge in [-0.05, 0) is 60.9 Å². The molecule has 1 aliphatic carbocycles. The van der Waals surface area contributed by atoms with Gasteiger partial charge in [0, 0.05) is 24.5 Å². The fraction of sp³-hybridized carbons (Fsp3) is 0.321. The molecule has 2 aromatic carbocycles. The maximum absolute atomic E-state index is 12.9. The van der Waals surface area contributed by atoms with Gasteiger partial charge in [-0.15, -0.1) is 0 Å². The number of carbonyl (C=O) groups excluding carboxylic acids is 1. The number of ether oxygens (including phenoxy) is 1. The summed E-state index contributed by atoms with van der Waals surface area (Å²) >= 11 is 0. The summed E-state index contributed by atoms with van der Waals surface area (Å²) in [5.74, 6) is 0.460. The lowest BCUT2D eigenvalue weighted by Crippen LogP contribution is -2.40. The molecule has 4 aromatic rings. The van der Waals surface area contributed by atoms with Crippen molar-refractivity contribution in [3.05, 3.63) is 84.9 Å². The van der Waals surface area contributed by atoms with Gasteiger partial charge in [0.1, 0.15) is 5.60 Å². The summed E-state index contributed by atoms with van der Waals surface area (Å²) in [7, 11) is 0. The summed E-state index contributed by atoms with van der Waals surface area (Å²) in [5.41, 5.74) is 5.01. The smallest absolute Gasteiger partial charge is 0.410 e. The third-order valence-electron chi connectivity index (χ3n) is 7.20. The van der Waals surface area contributed by atoms with Crippen molar-refractivity contribution in [1.29, 1.82) is 0 Å². The second-order valence-electron chi connectivity index (χ2n) is 9.70. The van der Waals surface area contributed by atoms with Crippen LogP contribution in [-0.4, -0.2) is 37.7 Å². The summed E-state index contributed by atoms with van der Waals surface area (Å²) in [5, 5.41) is 0. The Morgan fingerprint density at radius 1 is 1.03 bits per heavy atom. The Balaban J connectivity index is 1.15. The number of hydrogen-bond acceptors (Lipinski definition) is 4. The molecule has 1 amide bonds. The summed E-state index contributed by atoms with van der Waals surface area (Å²) < 4.78 is 8.31. The molecule has 0 bridgehead atoms. The van der Waals surface area contributed by atoms with Crippen LogP contribution in [0.25, 0.3) is 22.2 Å². The average molecular weight is 453 g/mol. The molecule has 2 fully saturated rings. The van der Waals surface area contributed by atoms with Crippen LogP contribution >= 0.6 is 0 Å². The molecule has 6 nitrogen and oxygen atoms in total. The molecule has 0 unspecified atom stereocenters. The molecular formula is C28H28N4O2. The summed E-state index contributed by atoms with van der Waals surface area (Å²) in [4.78, 5) is 23.7. The van der Waals surface area contributed by atoms with Crippen molar-refractivity contribution in [1.82, 2.24) is 19.4 Å². The van der Waals surface area contributed by atoms with Crippen LogP contribution in [0.1, 0.15) is 31.2 Å². The molecule has 1 spiro atoms. The highest BCUT2D eigenvalue weighted by atomic mass is 16.6. The van der Waals surface area contributed by atoms with Crippen LogP contribution in [0, 0.1) is 5.92 Å². The zero-order valence-corrected chi connectivity index (χ0v) is 19.1. The van der Waals surface area contributed by atoms with Gasteiger partial charge in [0.15, 0.2) is 0 Å². The lowest BCUT2D eigenvalue weighted by molar-refractivity contribution is 0.00415. The van der Waals surface area contributed by atoms with Crippen molar-refractivity contribution < 1.29 is 9.53 Å². The van der Waals surface area contributed by atoms with E-state index in [0.29, 0.717) is 19.0 Å². The highest BCUT2D eigenvalue weighted by molar-refractivity contribution is 5.75. The molecule has 1 aliphatic heterocycles. The molecule has 0 N–H and O–H groups in total. The zero-order chi connectivity index (χ0) is 23.0. The summed E-state index contributed by atoms with van der Waals surface area (Å²) in [6.07, 6.45) is 9.48. The van der Waals surface area contributed by atoms with Gasteiger partial charge in [-0.25, -0.2) is 9.78 Å². The van der Waals surface area contributed by atoms with Crippen molar-refractivity contribution in [2.75, 3.05) is 6.54 Å². The number of imidazole rings is 1. The Morgan fingerprint density at radius 2 is 1.88 bits per heavy atom. The number of pyridine rings is 1. The first-order chi connectivity index (χ1) is 16.7. The van der Waals surface area contributed by atoms with Crippen molar-refractivity contribution in [3.8, 4) is 11.1 Å². The maximum Gasteiger partial charge on any atom is 0.410 e. The minimum absolute atomic E-state index is 0.209. The predicted molar refractivity (Wildman–Crippen MR) is 131 cm³/mol. The Kier molecular flexibility index (Phi) is 5.28. The number of nitrogens with zero attached hydrogens (tertiary/aromatic N) is 4. The van der Waals surface area contributed by atoms with E-state index in [9.17, 15) is 4.79 Å². The highest BCUT2D eigenvalue weighted by Gasteiger charge is 2.47. The number of benzene rings is 2. The maximum atomic E-state index is 12.9. The minimum Gasteiger partial charge on any atom is -0.441 e. The molecule has 6 heteroatoms. The van der Waals surface area contributed by atoms with Gasteiger partial charge in [0.05, 0.1) is 30.5 Å². The Bertz CT molecular complexity index is 1320. The SMILES string of the molecule is O=C1O[C@]2(CCC[C@H](Cn3cnc4ccccc43)C2)CN1Cc1cncc(-c2ccccc2)c1. The number of fused-ring (bicyclic) bond motifs is 1. The number of hydrogen-bond donors (Lipinski definition) is 0. The van der Waals surface area contributed by atoms with Crippen LogP contribution in [0.2, 0.25) is 0 Å².